The summed E-state index contributed by atoms with van der Waals surface area (Å²) in [7, 11) is 0. The van der Waals surface area contributed by atoms with Gasteiger partial charge in [-0.15, -0.1) is 13.2 Å². The van der Waals surface area contributed by atoms with Crippen LogP contribution in [0.15, 0.2) is 36.4 Å². The number of alkyl halides is 6. The van der Waals surface area contributed by atoms with Crippen molar-refractivity contribution in [2.75, 3.05) is 35.2 Å². The zero-order valence-corrected chi connectivity index (χ0v) is 16.4. The Morgan fingerprint density at radius 3 is 2.41 bits per heavy atom. The lowest BCUT2D eigenvalue weighted by molar-refractivity contribution is -0.274. The number of anilines is 4. The lowest BCUT2D eigenvalue weighted by atomic mass is 10.1. The van der Waals surface area contributed by atoms with Crippen LogP contribution in [-0.2, 0) is 0 Å². The summed E-state index contributed by atoms with van der Waals surface area (Å²) < 4.78 is 79.9. The fraction of sp³-hybridized carbons (Fsp3) is 0.350. The van der Waals surface area contributed by atoms with Crippen molar-refractivity contribution in [1.82, 2.24) is 0 Å². The van der Waals surface area contributed by atoms with Crippen LogP contribution in [0.1, 0.15) is 16.8 Å². The molecule has 0 unspecified atom stereocenters. The second-order valence-corrected chi connectivity index (χ2v) is 7.02. The summed E-state index contributed by atoms with van der Waals surface area (Å²) in [5.74, 6) is -1.77. The van der Waals surface area contributed by atoms with Crippen LogP contribution < -0.4 is 20.3 Å². The van der Waals surface area contributed by atoms with E-state index in [-0.39, 0.29) is 47.8 Å². The Labute approximate surface area is 178 Å². The third-order valence-electron chi connectivity index (χ3n) is 4.65. The number of rotatable bonds is 8. The number of nitrogens with one attached hydrogen (secondary N) is 2. The van der Waals surface area contributed by atoms with Crippen molar-refractivity contribution in [2.24, 2.45) is 0 Å². The highest BCUT2D eigenvalue weighted by Crippen LogP contribution is 2.36. The molecule has 0 aromatic heterocycles. The lowest BCUT2D eigenvalue weighted by Gasteiger charge is -2.23. The highest BCUT2D eigenvalue weighted by atomic mass is 19.4. The third-order valence-corrected chi connectivity index (χ3v) is 4.65. The Morgan fingerprint density at radius 2 is 1.88 bits per heavy atom. The molecule has 0 radical (unpaired) electrons. The van der Waals surface area contributed by atoms with E-state index in [1.165, 1.54) is 29.2 Å². The van der Waals surface area contributed by atoms with E-state index in [1.807, 2.05) is 0 Å². The predicted octanol–water partition coefficient (Wildman–Crippen LogP) is 5.25. The summed E-state index contributed by atoms with van der Waals surface area (Å²) in [6, 6.07) is 7.13. The standard InChI is InChI=1S/C20H19F6N3O3/c21-11-5-6-29(10-11)17-8-15(27-9-18(22)23)16(7-14(17)19(30)31)28-12-1-3-13(4-2-12)32-20(24,25)26/h1-4,7-8,11,18,27-28H,5-6,9-10H2,(H,30,31)/t11-/m1/s1. The summed E-state index contributed by atoms with van der Waals surface area (Å²) in [5, 5.41) is 14.9. The second-order valence-electron chi connectivity index (χ2n) is 7.02. The van der Waals surface area contributed by atoms with Crippen molar-refractivity contribution in [3.8, 4) is 5.75 Å². The van der Waals surface area contributed by atoms with Crippen LogP contribution in [0.25, 0.3) is 0 Å². The maximum absolute atomic E-state index is 13.7. The van der Waals surface area contributed by atoms with Crippen molar-refractivity contribution in [2.45, 2.75) is 25.4 Å². The number of carboxylic acid groups (broad SMARTS) is 1. The van der Waals surface area contributed by atoms with E-state index < -0.39 is 37.2 Å². The van der Waals surface area contributed by atoms with Gasteiger partial charge in [-0.1, -0.05) is 0 Å². The first kappa shape index (κ1) is 23.4. The minimum Gasteiger partial charge on any atom is -0.478 e. The van der Waals surface area contributed by atoms with E-state index in [1.54, 1.807) is 0 Å². The molecule has 1 saturated heterocycles. The van der Waals surface area contributed by atoms with Gasteiger partial charge in [0.15, 0.2) is 0 Å². The molecule has 3 N–H and O–H groups in total. The minimum absolute atomic E-state index is 0.0258. The van der Waals surface area contributed by atoms with E-state index in [9.17, 15) is 36.2 Å². The summed E-state index contributed by atoms with van der Waals surface area (Å²) >= 11 is 0. The molecule has 174 valence electrons. The van der Waals surface area contributed by atoms with Crippen molar-refractivity contribution < 1.29 is 41.0 Å². The van der Waals surface area contributed by atoms with Crippen molar-refractivity contribution in [3.05, 3.63) is 42.0 Å². The van der Waals surface area contributed by atoms with E-state index in [0.717, 1.165) is 12.1 Å². The van der Waals surface area contributed by atoms with Gasteiger partial charge in [0.1, 0.15) is 11.9 Å². The highest BCUT2D eigenvalue weighted by Gasteiger charge is 2.31. The average Bonchev–Trinajstić information content (AvgIpc) is 3.13. The average molecular weight is 463 g/mol. The van der Waals surface area contributed by atoms with Crippen LogP contribution in [0.4, 0.5) is 49.1 Å². The number of ether oxygens (including phenoxy) is 1. The SMILES string of the molecule is O=C(O)c1cc(Nc2ccc(OC(F)(F)F)cc2)c(NCC(F)F)cc1N1CC[C@@H](F)C1. The van der Waals surface area contributed by atoms with Gasteiger partial charge in [-0.05, 0) is 42.8 Å². The zero-order valence-electron chi connectivity index (χ0n) is 16.4. The smallest absolute Gasteiger partial charge is 0.478 e. The fourth-order valence-corrected chi connectivity index (χ4v) is 3.29. The van der Waals surface area contributed by atoms with Gasteiger partial charge in [0.25, 0.3) is 6.43 Å². The largest absolute Gasteiger partial charge is 0.573 e. The Balaban J connectivity index is 1.93. The summed E-state index contributed by atoms with van der Waals surface area (Å²) in [6.45, 7) is -0.490. The van der Waals surface area contributed by atoms with Gasteiger partial charge < -0.3 is 25.4 Å². The van der Waals surface area contributed by atoms with Gasteiger partial charge in [0.2, 0.25) is 0 Å². The number of carbonyl (C=O) groups is 1. The summed E-state index contributed by atoms with van der Waals surface area (Å²) in [4.78, 5) is 13.3. The molecule has 32 heavy (non-hydrogen) atoms. The predicted molar refractivity (Wildman–Crippen MR) is 106 cm³/mol. The molecule has 0 amide bonds. The van der Waals surface area contributed by atoms with E-state index in [2.05, 4.69) is 15.4 Å². The number of carboxylic acids is 1. The molecule has 1 atom stereocenters. The molecule has 1 heterocycles. The van der Waals surface area contributed by atoms with Crippen LogP contribution in [-0.4, -0.2) is 49.7 Å². The molecule has 0 spiro atoms. The third kappa shape index (κ3) is 6.11. The molecule has 0 aliphatic carbocycles. The molecule has 2 aromatic carbocycles. The van der Waals surface area contributed by atoms with Crippen LogP contribution in [0, 0.1) is 0 Å². The summed E-state index contributed by atoms with van der Waals surface area (Å²) in [5.41, 5.74) is 0.485. The molecule has 12 heteroatoms. The van der Waals surface area contributed by atoms with E-state index in [4.69, 9.17) is 0 Å². The number of halogens is 6. The number of nitrogens with zero attached hydrogens (tertiary/aromatic N) is 1. The van der Waals surface area contributed by atoms with Gasteiger partial charge in [0.05, 0.1) is 29.2 Å². The van der Waals surface area contributed by atoms with Gasteiger partial charge in [-0.25, -0.2) is 18.0 Å². The first-order chi connectivity index (χ1) is 15.0. The van der Waals surface area contributed by atoms with Gasteiger partial charge >= 0.3 is 12.3 Å². The normalized spacial score (nSPS) is 16.3. The van der Waals surface area contributed by atoms with Crippen LogP contribution in [0.2, 0.25) is 0 Å². The van der Waals surface area contributed by atoms with Gasteiger partial charge in [0, 0.05) is 18.8 Å². The van der Waals surface area contributed by atoms with Crippen LogP contribution in [0.5, 0.6) is 5.75 Å². The Bertz CT molecular complexity index is 953. The molecule has 1 aliphatic rings. The van der Waals surface area contributed by atoms with Gasteiger partial charge in [-0.2, -0.15) is 0 Å². The van der Waals surface area contributed by atoms with Crippen LogP contribution in [0.3, 0.4) is 0 Å². The molecule has 1 aliphatic heterocycles. The van der Waals surface area contributed by atoms with Gasteiger partial charge in [-0.3, -0.25) is 0 Å². The fourth-order valence-electron chi connectivity index (χ4n) is 3.29. The quantitative estimate of drug-likeness (QED) is 0.465. The zero-order chi connectivity index (χ0) is 23.5. The number of aromatic carboxylic acids is 1. The van der Waals surface area contributed by atoms with E-state index >= 15 is 0 Å². The molecule has 0 bridgehead atoms. The van der Waals surface area contributed by atoms with Crippen molar-refractivity contribution >= 4 is 28.7 Å². The molecule has 2 aromatic rings. The molecule has 3 rings (SSSR count). The minimum atomic E-state index is -4.86. The molecular formula is C20H19F6N3O3. The highest BCUT2D eigenvalue weighted by molar-refractivity contribution is 5.98. The second kappa shape index (κ2) is 9.45. The van der Waals surface area contributed by atoms with Crippen molar-refractivity contribution in [1.29, 1.82) is 0 Å². The topological polar surface area (TPSA) is 73.8 Å². The number of benzene rings is 2. The van der Waals surface area contributed by atoms with Crippen molar-refractivity contribution in [3.63, 3.8) is 0 Å². The first-order valence-electron chi connectivity index (χ1n) is 9.47. The lowest BCUT2D eigenvalue weighted by Crippen LogP contribution is -2.23. The Kier molecular flexibility index (Phi) is 6.90. The maximum atomic E-state index is 13.7. The molecule has 6 nitrogen and oxygen atoms in total. The Hall–Kier alpha value is -3.31. The number of hydrogen-bond donors (Lipinski definition) is 3. The maximum Gasteiger partial charge on any atom is 0.573 e. The first-order valence-corrected chi connectivity index (χ1v) is 9.47. The molecule has 0 saturated carbocycles. The molecule has 1 fully saturated rings. The number of hydrogen-bond acceptors (Lipinski definition) is 5. The summed E-state index contributed by atoms with van der Waals surface area (Å²) in [6.07, 6.45) is -8.48. The molecular weight excluding hydrogens is 444 g/mol. The monoisotopic (exact) mass is 463 g/mol. The Morgan fingerprint density at radius 1 is 1.19 bits per heavy atom. The van der Waals surface area contributed by atoms with Crippen LogP contribution >= 0.6 is 0 Å². The van der Waals surface area contributed by atoms with E-state index in [0.29, 0.717) is 0 Å².